The molecule has 0 radical (unpaired) electrons. The van der Waals surface area contributed by atoms with Crippen LogP contribution in [0, 0.1) is 0 Å². The Morgan fingerprint density at radius 1 is 1.03 bits per heavy atom. The molecule has 0 atom stereocenters. The average Bonchev–Trinajstić information content (AvgIpc) is 2.79. The lowest BCUT2D eigenvalue weighted by molar-refractivity contribution is 0.250. The van der Waals surface area contributed by atoms with E-state index in [1.54, 1.807) is 28.7 Å². The highest BCUT2D eigenvalue weighted by Crippen LogP contribution is 2.19. The van der Waals surface area contributed by atoms with Gasteiger partial charge in [0, 0.05) is 50.0 Å². The second-order valence-electron chi connectivity index (χ2n) is 7.38. The first-order valence-electron chi connectivity index (χ1n) is 10.2. The van der Waals surface area contributed by atoms with Gasteiger partial charge in [0.2, 0.25) is 5.95 Å². The van der Waals surface area contributed by atoms with Crippen molar-refractivity contribution in [2.75, 3.05) is 43.9 Å². The standard InChI is InChI=1S/C21H26N6O2S/c1-30-16-5-6-18-17(15-16)19(28)24-21(29)27(18)10-3-2-9-25-11-13-26(14-12-25)20-22-7-4-8-23-20/h4-8,15H,2-3,9-14H2,1H3,(H,24,28,29). The van der Waals surface area contributed by atoms with Gasteiger partial charge >= 0.3 is 5.69 Å². The smallest absolute Gasteiger partial charge is 0.328 e. The number of anilines is 1. The van der Waals surface area contributed by atoms with Gasteiger partial charge < -0.3 is 4.90 Å². The molecule has 1 aliphatic rings. The van der Waals surface area contributed by atoms with Crippen LogP contribution in [0.2, 0.25) is 0 Å². The van der Waals surface area contributed by atoms with Crippen LogP contribution in [0.25, 0.3) is 10.9 Å². The predicted octanol–water partition coefficient (Wildman–Crippen LogP) is 1.80. The molecule has 0 spiro atoms. The van der Waals surface area contributed by atoms with E-state index in [1.165, 1.54) is 0 Å². The molecule has 1 N–H and O–H groups in total. The first-order valence-corrected chi connectivity index (χ1v) is 11.4. The quantitative estimate of drug-likeness (QED) is 0.455. The molecule has 30 heavy (non-hydrogen) atoms. The fourth-order valence-corrected chi connectivity index (χ4v) is 4.29. The summed E-state index contributed by atoms with van der Waals surface area (Å²) in [5, 5.41) is 0.570. The SMILES string of the molecule is CSc1ccc2c(c1)c(=O)[nH]c(=O)n2CCCCN1CCN(c2ncccn2)CC1. The molecule has 3 aromatic rings. The summed E-state index contributed by atoms with van der Waals surface area (Å²) in [6.45, 7) is 5.41. The Labute approximate surface area is 179 Å². The van der Waals surface area contributed by atoms with Crippen molar-refractivity contribution in [2.24, 2.45) is 0 Å². The Hall–Kier alpha value is -2.65. The second-order valence-corrected chi connectivity index (χ2v) is 8.26. The van der Waals surface area contributed by atoms with Crippen LogP contribution < -0.4 is 16.1 Å². The summed E-state index contributed by atoms with van der Waals surface area (Å²) in [7, 11) is 0. The number of H-pyrrole nitrogens is 1. The van der Waals surface area contributed by atoms with Gasteiger partial charge in [0.25, 0.3) is 5.56 Å². The van der Waals surface area contributed by atoms with Crippen LogP contribution in [0.3, 0.4) is 0 Å². The zero-order valence-corrected chi connectivity index (χ0v) is 17.9. The Morgan fingerprint density at radius 3 is 2.50 bits per heavy atom. The van der Waals surface area contributed by atoms with E-state index in [9.17, 15) is 9.59 Å². The van der Waals surface area contributed by atoms with Gasteiger partial charge in [-0.25, -0.2) is 14.8 Å². The molecular formula is C21H26N6O2S. The summed E-state index contributed by atoms with van der Waals surface area (Å²) >= 11 is 1.58. The maximum absolute atomic E-state index is 12.3. The van der Waals surface area contributed by atoms with E-state index < -0.39 is 0 Å². The molecule has 158 valence electrons. The van der Waals surface area contributed by atoms with Gasteiger partial charge in [-0.05, 0) is 49.9 Å². The van der Waals surface area contributed by atoms with E-state index in [1.807, 2.05) is 30.5 Å². The van der Waals surface area contributed by atoms with E-state index in [0.717, 1.165) is 56.4 Å². The number of aryl methyl sites for hydroxylation is 1. The lowest BCUT2D eigenvalue weighted by Crippen LogP contribution is -2.47. The summed E-state index contributed by atoms with van der Waals surface area (Å²) in [4.78, 5) is 41.3. The number of thioether (sulfide) groups is 1. The van der Waals surface area contributed by atoms with Crippen LogP contribution in [0.4, 0.5) is 5.95 Å². The van der Waals surface area contributed by atoms with Gasteiger partial charge in [-0.1, -0.05) is 0 Å². The van der Waals surface area contributed by atoms with Crippen molar-refractivity contribution in [1.29, 1.82) is 0 Å². The van der Waals surface area contributed by atoms with Crippen molar-refractivity contribution in [3.05, 3.63) is 57.5 Å². The van der Waals surface area contributed by atoms with Crippen LogP contribution in [-0.4, -0.2) is 63.4 Å². The second kappa shape index (κ2) is 9.44. The van der Waals surface area contributed by atoms with Gasteiger partial charge in [0.05, 0.1) is 10.9 Å². The molecule has 1 fully saturated rings. The molecule has 9 heteroatoms. The third-order valence-electron chi connectivity index (χ3n) is 5.52. The summed E-state index contributed by atoms with van der Waals surface area (Å²) < 4.78 is 1.69. The van der Waals surface area contributed by atoms with Crippen LogP contribution in [0.15, 0.2) is 51.1 Å². The van der Waals surface area contributed by atoms with E-state index in [4.69, 9.17) is 0 Å². The number of aromatic amines is 1. The average molecular weight is 427 g/mol. The number of unbranched alkanes of at least 4 members (excludes halogenated alkanes) is 1. The van der Waals surface area contributed by atoms with Crippen molar-refractivity contribution in [2.45, 2.75) is 24.3 Å². The molecule has 1 aliphatic heterocycles. The Bertz CT molecular complexity index is 1110. The van der Waals surface area contributed by atoms with Gasteiger partial charge in [-0.2, -0.15) is 0 Å². The molecule has 0 saturated carbocycles. The zero-order valence-electron chi connectivity index (χ0n) is 17.1. The molecular weight excluding hydrogens is 400 g/mol. The van der Waals surface area contributed by atoms with Gasteiger partial charge in [0.15, 0.2) is 0 Å². The van der Waals surface area contributed by atoms with Crippen LogP contribution >= 0.6 is 11.8 Å². The predicted molar refractivity (Wildman–Crippen MR) is 121 cm³/mol. The summed E-state index contributed by atoms with van der Waals surface area (Å²) in [6, 6.07) is 7.52. The molecule has 8 nitrogen and oxygen atoms in total. The van der Waals surface area contributed by atoms with Crippen molar-refractivity contribution < 1.29 is 0 Å². The van der Waals surface area contributed by atoms with Crippen molar-refractivity contribution >= 4 is 28.6 Å². The summed E-state index contributed by atoms with van der Waals surface area (Å²) in [5.41, 5.74) is 0.0568. The minimum absolute atomic E-state index is 0.317. The topological polar surface area (TPSA) is 87.1 Å². The number of aromatic nitrogens is 4. The van der Waals surface area contributed by atoms with Crippen LogP contribution in [0.1, 0.15) is 12.8 Å². The van der Waals surface area contributed by atoms with Gasteiger partial charge in [0.1, 0.15) is 0 Å². The third-order valence-corrected chi connectivity index (χ3v) is 6.24. The number of nitrogens with one attached hydrogen (secondary N) is 1. The highest BCUT2D eigenvalue weighted by molar-refractivity contribution is 7.98. The first-order chi connectivity index (χ1) is 14.7. The van der Waals surface area contributed by atoms with E-state index in [2.05, 4.69) is 24.8 Å². The fraction of sp³-hybridized carbons (Fsp3) is 0.429. The third kappa shape index (κ3) is 4.57. The molecule has 0 amide bonds. The molecule has 0 bridgehead atoms. The minimum atomic E-state index is -0.333. The van der Waals surface area contributed by atoms with Crippen LogP contribution in [0.5, 0.6) is 0 Å². The minimum Gasteiger partial charge on any atom is -0.338 e. The number of hydrogen-bond acceptors (Lipinski definition) is 7. The van der Waals surface area contributed by atoms with Crippen molar-refractivity contribution in [3.8, 4) is 0 Å². The molecule has 3 heterocycles. The molecule has 1 saturated heterocycles. The molecule has 4 rings (SSSR count). The lowest BCUT2D eigenvalue weighted by Gasteiger charge is -2.34. The molecule has 2 aromatic heterocycles. The summed E-state index contributed by atoms with van der Waals surface area (Å²) in [5.74, 6) is 0.797. The first kappa shape index (κ1) is 20.6. The monoisotopic (exact) mass is 426 g/mol. The molecule has 0 unspecified atom stereocenters. The van der Waals surface area contributed by atoms with Crippen molar-refractivity contribution in [1.82, 2.24) is 24.4 Å². The Morgan fingerprint density at radius 2 is 1.77 bits per heavy atom. The maximum Gasteiger partial charge on any atom is 0.328 e. The lowest BCUT2D eigenvalue weighted by atomic mass is 10.2. The van der Waals surface area contributed by atoms with E-state index >= 15 is 0 Å². The van der Waals surface area contributed by atoms with Crippen LogP contribution in [-0.2, 0) is 6.54 Å². The highest BCUT2D eigenvalue weighted by Gasteiger charge is 2.18. The maximum atomic E-state index is 12.3. The Kier molecular flexibility index (Phi) is 6.49. The van der Waals surface area contributed by atoms with Gasteiger partial charge in [-0.15, -0.1) is 11.8 Å². The zero-order chi connectivity index (χ0) is 20.9. The van der Waals surface area contributed by atoms with E-state index in [0.29, 0.717) is 17.4 Å². The molecule has 1 aromatic carbocycles. The Balaban J connectivity index is 1.32. The summed E-state index contributed by atoms with van der Waals surface area (Å²) in [6.07, 6.45) is 7.40. The largest absolute Gasteiger partial charge is 0.338 e. The molecule has 0 aliphatic carbocycles. The fourth-order valence-electron chi connectivity index (χ4n) is 3.85. The number of rotatable bonds is 7. The normalized spacial score (nSPS) is 15.0. The number of nitrogens with zero attached hydrogens (tertiary/aromatic N) is 5. The number of fused-ring (bicyclic) bond motifs is 1. The van der Waals surface area contributed by atoms with Gasteiger partial charge in [-0.3, -0.25) is 19.2 Å². The number of piperazine rings is 1. The number of hydrogen-bond donors (Lipinski definition) is 1. The van der Waals surface area contributed by atoms with E-state index in [-0.39, 0.29) is 11.2 Å². The van der Waals surface area contributed by atoms with Crippen molar-refractivity contribution in [3.63, 3.8) is 0 Å². The number of benzene rings is 1. The highest BCUT2D eigenvalue weighted by atomic mass is 32.2.